The van der Waals surface area contributed by atoms with Crippen molar-refractivity contribution in [1.82, 2.24) is 10.3 Å². The number of benzene rings is 1. The van der Waals surface area contributed by atoms with Crippen LogP contribution in [-0.2, 0) is 4.74 Å². The lowest BCUT2D eigenvalue weighted by Gasteiger charge is -2.24. The summed E-state index contributed by atoms with van der Waals surface area (Å²) in [6.45, 7) is 2.15. The van der Waals surface area contributed by atoms with E-state index in [1.807, 2.05) is 19.4 Å². The number of rotatable bonds is 3. The minimum atomic E-state index is 0.246. The summed E-state index contributed by atoms with van der Waals surface area (Å²) in [7, 11) is 2.01. The molecule has 2 aromatic rings. The van der Waals surface area contributed by atoms with E-state index in [0.717, 1.165) is 12.8 Å². The van der Waals surface area contributed by atoms with Crippen LogP contribution in [0.4, 0.5) is 0 Å². The highest BCUT2D eigenvalue weighted by Gasteiger charge is 2.30. The van der Waals surface area contributed by atoms with Gasteiger partial charge in [0.05, 0.1) is 18.2 Å². The lowest BCUT2D eigenvalue weighted by molar-refractivity contribution is 0.0336. The van der Waals surface area contributed by atoms with Crippen LogP contribution in [-0.4, -0.2) is 24.2 Å². The average Bonchev–Trinajstić information content (AvgIpc) is 2.86. The van der Waals surface area contributed by atoms with Gasteiger partial charge in [0.2, 0.25) is 0 Å². The third-order valence-electron chi connectivity index (χ3n) is 4.00. The van der Waals surface area contributed by atoms with E-state index in [4.69, 9.17) is 4.74 Å². The van der Waals surface area contributed by atoms with Crippen LogP contribution >= 0.6 is 0 Å². The molecule has 2 heterocycles. The van der Waals surface area contributed by atoms with E-state index < -0.39 is 0 Å². The molecule has 3 heteroatoms. The molecule has 1 aliphatic heterocycles. The van der Waals surface area contributed by atoms with Gasteiger partial charge in [-0.05, 0) is 43.8 Å². The van der Waals surface area contributed by atoms with Gasteiger partial charge in [0.15, 0.2) is 0 Å². The Balaban J connectivity index is 2.01. The van der Waals surface area contributed by atoms with Crippen molar-refractivity contribution in [3.63, 3.8) is 0 Å². The van der Waals surface area contributed by atoms with Gasteiger partial charge in [0.25, 0.3) is 0 Å². The standard InChI is InChI=1S/C16H20N2O/c1-11-6-7-15(19-11)16(17-2)14-5-3-4-12-10-18-9-8-13(12)14/h3-5,8-11,15-17H,6-7H2,1-2H3. The molecule has 3 nitrogen and oxygen atoms in total. The number of likely N-dealkylation sites (N-methyl/N-ethyl adjacent to an activating group) is 1. The Hall–Kier alpha value is -1.45. The second-order valence-corrected chi connectivity index (χ2v) is 5.27. The largest absolute Gasteiger partial charge is 0.373 e. The maximum atomic E-state index is 6.04. The van der Waals surface area contributed by atoms with Crippen LogP contribution in [0, 0.1) is 0 Å². The summed E-state index contributed by atoms with van der Waals surface area (Å²) in [6, 6.07) is 8.73. The van der Waals surface area contributed by atoms with Gasteiger partial charge in [-0.3, -0.25) is 4.98 Å². The number of nitrogens with one attached hydrogen (secondary N) is 1. The molecule has 1 saturated heterocycles. The van der Waals surface area contributed by atoms with E-state index in [1.54, 1.807) is 0 Å². The SMILES string of the molecule is CNC(c1cccc2cnccc12)C1CCC(C)O1. The smallest absolute Gasteiger partial charge is 0.0774 e. The molecular weight excluding hydrogens is 236 g/mol. The Morgan fingerprint density at radius 3 is 2.95 bits per heavy atom. The molecule has 3 unspecified atom stereocenters. The van der Waals surface area contributed by atoms with Crippen LogP contribution < -0.4 is 5.32 Å². The molecule has 19 heavy (non-hydrogen) atoms. The van der Waals surface area contributed by atoms with E-state index in [-0.39, 0.29) is 12.1 Å². The number of hydrogen-bond acceptors (Lipinski definition) is 3. The molecule has 1 aromatic heterocycles. The predicted molar refractivity (Wildman–Crippen MR) is 77.1 cm³/mol. The Morgan fingerprint density at radius 1 is 1.32 bits per heavy atom. The summed E-state index contributed by atoms with van der Waals surface area (Å²) in [5.41, 5.74) is 1.31. The van der Waals surface area contributed by atoms with Crippen LogP contribution in [0.3, 0.4) is 0 Å². The summed E-state index contributed by atoms with van der Waals surface area (Å²) < 4.78 is 6.04. The molecule has 0 bridgehead atoms. The zero-order chi connectivity index (χ0) is 13.2. The van der Waals surface area contributed by atoms with Crippen LogP contribution in [0.5, 0.6) is 0 Å². The lowest BCUT2D eigenvalue weighted by atomic mass is 9.95. The molecule has 3 atom stereocenters. The molecule has 1 fully saturated rings. The van der Waals surface area contributed by atoms with Gasteiger partial charge >= 0.3 is 0 Å². The summed E-state index contributed by atoms with van der Waals surface area (Å²) in [5.74, 6) is 0. The number of fused-ring (bicyclic) bond motifs is 1. The maximum absolute atomic E-state index is 6.04. The van der Waals surface area contributed by atoms with E-state index >= 15 is 0 Å². The van der Waals surface area contributed by atoms with Crippen molar-refractivity contribution in [2.45, 2.75) is 38.0 Å². The predicted octanol–water partition coefficient (Wildman–Crippen LogP) is 3.06. The fourth-order valence-electron chi connectivity index (χ4n) is 3.04. The van der Waals surface area contributed by atoms with Crippen molar-refractivity contribution in [1.29, 1.82) is 0 Å². The van der Waals surface area contributed by atoms with Gasteiger partial charge < -0.3 is 10.1 Å². The van der Waals surface area contributed by atoms with Gasteiger partial charge in [0.1, 0.15) is 0 Å². The summed E-state index contributed by atoms with van der Waals surface area (Å²) in [4.78, 5) is 4.20. The second-order valence-electron chi connectivity index (χ2n) is 5.27. The molecule has 0 amide bonds. The first-order valence-electron chi connectivity index (χ1n) is 6.95. The highest BCUT2D eigenvalue weighted by molar-refractivity contribution is 5.85. The van der Waals surface area contributed by atoms with Crippen LogP contribution in [0.1, 0.15) is 31.4 Å². The third-order valence-corrected chi connectivity index (χ3v) is 4.00. The normalized spacial score (nSPS) is 24.7. The fraction of sp³-hybridized carbons (Fsp3) is 0.438. The summed E-state index contributed by atoms with van der Waals surface area (Å²) >= 11 is 0. The molecule has 100 valence electrons. The van der Waals surface area contributed by atoms with Gasteiger partial charge in [-0.1, -0.05) is 18.2 Å². The van der Waals surface area contributed by atoms with Crippen LogP contribution in [0.15, 0.2) is 36.7 Å². The minimum Gasteiger partial charge on any atom is -0.373 e. The molecule has 1 N–H and O–H groups in total. The Labute approximate surface area is 114 Å². The van der Waals surface area contributed by atoms with Crippen molar-refractivity contribution in [3.8, 4) is 0 Å². The second kappa shape index (κ2) is 5.27. The highest BCUT2D eigenvalue weighted by atomic mass is 16.5. The number of aromatic nitrogens is 1. The molecule has 1 aliphatic rings. The van der Waals surface area contributed by atoms with E-state index in [2.05, 4.69) is 41.5 Å². The van der Waals surface area contributed by atoms with Gasteiger partial charge in [0, 0.05) is 17.8 Å². The zero-order valence-corrected chi connectivity index (χ0v) is 11.5. The van der Waals surface area contributed by atoms with Gasteiger partial charge in [-0.25, -0.2) is 0 Å². The van der Waals surface area contributed by atoms with E-state index in [0.29, 0.717) is 6.10 Å². The average molecular weight is 256 g/mol. The molecular formula is C16H20N2O. The number of ether oxygens (including phenoxy) is 1. The number of nitrogens with zero attached hydrogens (tertiary/aromatic N) is 1. The fourth-order valence-corrected chi connectivity index (χ4v) is 3.04. The van der Waals surface area contributed by atoms with Crippen molar-refractivity contribution >= 4 is 10.8 Å². The highest BCUT2D eigenvalue weighted by Crippen LogP contribution is 2.33. The number of hydrogen-bond donors (Lipinski definition) is 1. The van der Waals surface area contributed by atoms with Gasteiger partial charge in [-0.2, -0.15) is 0 Å². The number of pyridine rings is 1. The minimum absolute atomic E-state index is 0.246. The molecule has 0 aliphatic carbocycles. The van der Waals surface area contributed by atoms with Crippen molar-refractivity contribution < 1.29 is 4.74 Å². The maximum Gasteiger partial charge on any atom is 0.0774 e. The van der Waals surface area contributed by atoms with Crippen molar-refractivity contribution in [2.24, 2.45) is 0 Å². The summed E-state index contributed by atoms with van der Waals surface area (Å²) in [5, 5.41) is 5.88. The van der Waals surface area contributed by atoms with Crippen LogP contribution in [0.2, 0.25) is 0 Å². The van der Waals surface area contributed by atoms with Gasteiger partial charge in [-0.15, -0.1) is 0 Å². The van der Waals surface area contributed by atoms with E-state index in [1.165, 1.54) is 16.3 Å². The zero-order valence-electron chi connectivity index (χ0n) is 11.5. The third kappa shape index (κ3) is 2.36. The Kier molecular flexibility index (Phi) is 3.49. The van der Waals surface area contributed by atoms with Crippen molar-refractivity contribution in [2.75, 3.05) is 7.05 Å². The quantitative estimate of drug-likeness (QED) is 0.916. The summed E-state index contributed by atoms with van der Waals surface area (Å²) in [6.07, 6.45) is 6.68. The Bertz CT molecular complexity index is 564. The molecule has 0 radical (unpaired) electrons. The topological polar surface area (TPSA) is 34.2 Å². The molecule has 3 rings (SSSR count). The van der Waals surface area contributed by atoms with Crippen LogP contribution in [0.25, 0.3) is 10.8 Å². The first-order chi connectivity index (χ1) is 9.29. The first-order valence-corrected chi connectivity index (χ1v) is 6.95. The molecule has 1 aromatic carbocycles. The molecule has 0 spiro atoms. The lowest BCUT2D eigenvalue weighted by Crippen LogP contribution is -2.29. The Morgan fingerprint density at radius 2 is 2.21 bits per heavy atom. The van der Waals surface area contributed by atoms with Crippen molar-refractivity contribution in [3.05, 3.63) is 42.2 Å². The monoisotopic (exact) mass is 256 g/mol. The molecule has 0 saturated carbocycles. The van der Waals surface area contributed by atoms with E-state index in [9.17, 15) is 0 Å². The first kappa shape index (κ1) is 12.6.